The summed E-state index contributed by atoms with van der Waals surface area (Å²) in [5.74, 6) is 1.94. The third-order valence-electron chi connectivity index (χ3n) is 3.56. The van der Waals surface area contributed by atoms with Crippen LogP contribution in [0, 0.1) is 5.82 Å². The molecule has 2 aromatic rings. The molecule has 2 unspecified atom stereocenters. The lowest BCUT2D eigenvalue weighted by molar-refractivity contribution is 0.422. The van der Waals surface area contributed by atoms with Gasteiger partial charge in [-0.3, -0.25) is 0 Å². The second-order valence-electron chi connectivity index (χ2n) is 4.92. The molecule has 1 fully saturated rings. The molecule has 3 rings (SSSR count). The van der Waals surface area contributed by atoms with Gasteiger partial charge in [-0.25, -0.2) is 4.39 Å². The summed E-state index contributed by atoms with van der Waals surface area (Å²) in [6.45, 7) is 3.02. The summed E-state index contributed by atoms with van der Waals surface area (Å²) in [4.78, 5) is 0. The first-order valence-corrected chi connectivity index (χ1v) is 7.87. The van der Waals surface area contributed by atoms with Crippen LogP contribution in [0.25, 0.3) is 11.0 Å². The Labute approximate surface area is 116 Å². The number of hydrogen-bond acceptors (Lipinski definition) is 3. The lowest BCUT2D eigenvalue weighted by Crippen LogP contribution is -2.28. The Balaban J connectivity index is 1.94. The molecule has 1 aromatic heterocycles. The van der Waals surface area contributed by atoms with E-state index in [9.17, 15) is 4.39 Å². The summed E-state index contributed by atoms with van der Waals surface area (Å²) >= 11 is 2.00. The number of nitrogens with one attached hydrogen (secondary N) is 1. The van der Waals surface area contributed by atoms with Crippen molar-refractivity contribution in [3.05, 3.63) is 35.8 Å². The third-order valence-corrected chi connectivity index (χ3v) is 5.03. The van der Waals surface area contributed by atoms with Gasteiger partial charge in [0.25, 0.3) is 0 Å². The summed E-state index contributed by atoms with van der Waals surface area (Å²) in [6.07, 6.45) is 2.49. The first-order chi connectivity index (χ1) is 9.28. The first-order valence-electron chi connectivity index (χ1n) is 6.82. The normalized spacial score (nSPS) is 21.1. The van der Waals surface area contributed by atoms with E-state index in [-0.39, 0.29) is 11.9 Å². The van der Waals surface area contributed by atoms with Gasteiger partial charge in [-0.15, -0.1) is 0 Å². The molecule has 102 valence electrons. The molecule has 1 N–H and O–H groups in total. The predicted molar refractivity (Wildman–Crippen MR) is 78.1 cm³/mol. The Morgan fingerprint density at radius 3 is 3.11 bits per heavy atom. The highest BCUT2D eigenvalue weighted by Crippen LogP contribution is 2.37. The highest BCUT2D eigenvalue weighted by Gasteiger charge is 2.28. The number of fused-ring (bicyclic) bond motifs is 1. The molecule has 2 nitrogen and oxygen atoms in total. The molecule has 19 heavy (non-hydrogen) atoms. The highest BCUT2D eigenvalue weighted by molar-refractivity contribution is 8.00. The minimum atomic E-state index is -0.213. The van der Waals surface area contributed by atoms with E-state index in [1.165, 1.54) is 30.7 Å². The standard InChI is InChI=1S/C15H18FNOS/c1-2-17-15(14-4-3-7-19-14)13-9-10-8-11(16)5-6-12(10)18-13/h5-6,8-9,14-15,17H,2-4,7H2,1H3. The SMILES string of the molecule is CCNC(c1cc2cc(F)ccc2o1)C1CCCS1. The van der Waals surface area contributed by atoms with E-state index in [0.717, 1.165) is 23.3 Å². The predicted octanol–water partition coefficient (Wildman–Crippen LogP) is 4.12. The average molecular weight is 279 g/mol. The van der Waals surface area contributed by atoms with Gasteiger partial charge >= 0.3 is 0 Å². The van der Waals surface area contributed by atoms with E-state index in [2.05, 4.69) is 12.2 Å². The van der Waals surface area contributed by atoms with Crippen molar-refractivity contribution in [1.82, 2.24) is 5.32 Å². The first kappa shape index (κ1) is 13.0. The molecule has 1 aliphatic rings. The number of benzene rings is 1. The quantitative estimate of drug-likeness (QED) is 0.911. The maximum atomic E-state index is 13.2. The van der Waals surface area contributed by atoms with Crippen molar-refractivity contribution < 1.29 is 8.81 Å². The monoisotopic (exact) mass is 279 g/mol. The van der Waals surface area contributed by atoms with Crippen molar-refractivity contribution in [3.63, 3.8) is 0 Å². The van der Waals surface area contributed by atoms with E-state index >= 15 is 0 Å². The van der Waals surface area contributed by atoms with Crippen LogP contribution < -0.4 is 5.32 Å². The molecular weight excluding hydrogens is 261 g/mol. The molecule has 1 aromatic carbocycles. The van der Waals surface area contributed by atoms with Crippen LogP contribution in [0.1, 0.15) is 31.6 Å². The van der Waals surface area contributed by atoms with Gasteiger partial charge in [-0.2, -0.15) is 11.8 Å². The molecule has 2 atom stereocenters. The molecular formula is C15H18FNOS. The largest absolute Gasteiger partial charge is 0.459 e. The van der Waals surface area contributed by atoms with Gasteiger partial charge in [0.1, 0.15) is 17.2 Å². The average Bonchev–Trinajstić information content (AvgIpc) is 3.04. The number of furan rings is 1. The van der Waals surface area contributed by atoms with Crippen LogP contribution in [0.2, 0.25) is 0 Å². The van der Waals surface area contributed by atoms with E-state index in [1.807, 2.05) is 17.8 Å². The van der Waals surface area contributed by atoms with Crippen LogP contribution in [0.5, 0.6) is 0 Å². The smallest absolute Gasteiger partial charge is 0.134 e. The van der Waals surface area contributed by atoms with Crippen LogP contribution >= 0.6 is 11.8 Å². The molecule has 0 spiro atoms. The van der Waals surface area contributed by atoms with Crippen molar-refractivity contribution >= 4 is 22.7 Å². The van der Waals surface area contributed by atoms with Crippen molar-refractivity contribution in [2.24, 2.45) is 0 Å². The Hall–Kier alpha value is -1.000. The molecule has 0 radical (unpaired) electrons. The van der Waals surface area contributed by atoms with Crippen molar-refractivity contribution in [2.75, 3.05) is 12.3 Å². The van der Waals surface area contributed by atoms with Gasteiger partial charge in [0.2, 0.25) is 0 Å². The summed E-state index contributed by atoms with van der Waals surface area (Å²) in [6, 6.07) is 6.90. The Bertz CT molecular complexity index is 562. The fourth-order valence-electron chi connectivity index (χ4n) is 2.69. The van der Waals surface area contributed by atoms with Gasteiger partial charge in [0, 0.05) is 10.6 Å². The lowest BCUT2D eigenvalue weighted by atomic mass is 10.1. The molecule has 1 saturated heterocycles. The molecule has 0 aliphatic carbocycles. The molecule has 2 heterocycles. The van der Waals surface area contributed by atoms with Crippen LogP contribution in [-0.2, 0) is 0 Å². The van der Waals surface area contributed by atoms with Gasteiger partial charge in [0.15, 0.2) is 0 Å². The zero-order valence-corrected chi connectivity index (χ0v) is 11.8. The fraction of sp³-hybridized carbons (Fsp3) is 0.467. The van der Waals surface area contributed by atoms with Gasteiger partial charge in [0.05, 0.1) is 6.04 Å². The maximum absolute atomic E-state index is 13.2. The van der Waals surface area contributed by atoms with Gasteiger partial charge in [-0.05, 0) is 49.4 Å². The Kier molecular flexibility index (Phi) is 3.80. The maximum Gasteiger partial charge on any atom is 0.134 e. The Morgan fingerprint density at radius 2 is 2.37 bits per heavy atom. The van der Waals surface area contributed by atoms with Crippen LogP contribution in [0.3, 0.4) is 0 Å². The van der Waals surface area contributed by atoms with E-state index in [4.69, 9.17) is 4.42 Å². The second kappa shape index (κ2) is 5.55. The minimum absolute atomic E-state index is 0.213. The summed E-state index contributed by atoms with van der Waals surface area (Å²) in [5.41, 5.74) is 0.766. The van der Waals surface area contributed by atoms with Crippen LogP contribution in [-0.4, -0.2) is 17.5 Å². The molecule has 1 aliphatic heterocycles. The van der Waals surface area contributed by atoms with E-state index < -0.39 is 0 Å². The number of halogens is 1. The summed E-state index contributed by atoms with van der Waals surface area (Å²) < 4.78 is 19.1. The zero-order valence-electron chi connectivity index (χ0n) is 11.0. The van der Waals surface area contributed by atoms with E-state index in [0.29, 0.717) is 5.25 Å². The topological polar surface area (TPSA) is 25.2 Å². The van der Waals surface area contributed by atoms with Gasteiger partial charge < -0.3 is 9.73 Å². The third kappa shape index (κ3) is 2.65. The molecule has 0 bridgehead atoms. The molecule has 0 amide bonds. The van der Waals surface area contributed by atoms with Crippen LogP contribution in [0.4, 0.5) is 4.39 Å². The zero-order chi connectivity index (χ0) is 13.2. The number of hydrogen-bond donors (Lipinski definition) is 1. The van der Waals surface area contributed by atoms with Gasteiger partial charge in [-0.1, -0.05) is 6.92 Å². The lowest BCUT2D eigenvalue weighted by Gasteiger charge is -2.21. The second-order valence-corrected chi connectivity index (χ2v) is 6.26. The highest BCUT2D eigenvalue weighted by atomic mass is 32.2. The minimum Gasteiger partial charge on any atom is -0.459 e. The summed E-state index contributed by atoms with van der Waals surface area (Å²) in [7, 11) is 0. The molecule has 0 saturated carbocycles. The van der Waals surface area contributed by atoms with Crippen molar-refractivity contribution in [1.29, 1.82) is 0 Å². The molecule has 4 heteroatoms. The summed E-state index contributed by atoms with van der Waals surface area (Å²) in [5, 5.41) is 4.92. The van der Waals surface area contributed by atoms with Crippen molar-refractivity contribution in [3.8, 4) is 0 Å². The number of rotatable bonds is 4. The van der Waals surface area contributed by atoms with Crippen LogP contribution in [0.15, 0.2) is 28.7 Å². The van der Waals surface area contributed by atoms with E-state index in [1.54, 1.807) is 6.07 Å². The fourth-order valence-corrected chi connectivity index (χ4v) is 4.08. The van der Waals surface area contributed by atoms with Crippen molar-refractivity contribution in [2.45, 2.75) is 31.1 Å². The Morgan fingerprint density at radius 1 is 1.47 bits per heavy atom. The number of thioether (sulfide) groups is 1.